The fourth-order valence-electron chi connectivity index (χ4n) is 3.47. The lowest BCUT2D eigenvalue weighted by Gasteiger charge is -2.19. The van der Waals surface area contributed by atoms with Gasteiger partial charge >= 0.3 is 0 Å². The summed E-state index contributed by atoms with van der Waals surface area (Å²) in [5.74, 6) is 1.15. The van der Waals surface area contributed by atoms with Gasteiger partial charge in [0.2, 0.25) is 5.89 Å². The van der Waals surface area contributed by atoms with Crippen molar-refractivity contribution in [1.29, 1.82) is 0 Å². The molecule has 9 heteroatoms. The third-order valence-electron chi connectivity index (χ3n) is 5.54. The summed E-state index contributed by atoms with van der Waals surface area (Å²) in [6.07, 6.45) is 5.60. The summed E-state index contributed by atoms with van der Waals surface area (Å²) >= 11 is 0. The average Bonchev–Trinajstić information content (AvgIpc) is 3.50. The van der Waals surface area contributed by atoms with Crippen molar-refractivity contribution in [3.63, 3.8) is 0 Å². The van der Waals surface area contributed by atoms with E-state index in [-0.39, 0.29) is 18.6 Å². The summed E-state index contributed by atoms with van der Waals surface area (Å²) in [4.78, 5) is 22.0. The number of amides is 1. The molecule has 4 rings (SSSR count). The van der Waals surface area contributed by atoms with Crippen molar-refractivity contribution in [3.05, 3.63) is 78.0 Å². The molecular formula is C25H27N5O4. The average molecular weight is 462 g/mol. The summed E-state index contributed by atoms with van der Waals surface area (Å²) in [5.41, 5.74) is 5.37. The van der Waals surface area contributed by atoms with Crippen LogP contribution in [-0.2, 0) is 16.2 Å². The summed E-state index contributed by atoms with van der Waals surface area (Å²) in [7, 11) is 1.61. The first kappa shape index (κ1) is 23.2. The summed E-state index contributed by atoms with van der Waals surface area (Å²) in [5, 5.41) is 8.44. The maximum atomic E-state index is 12.1. The molecule has 9 nitrogen and oxygen atoms in total. The molecule has 2 atom stereocenters. The SMILES string of the molecule is CCC(C)C(c1nc2ccccc2o1)n1cc(/C=C/C(=O)NOCc2ccc(OC)cc2)nn1. The highest BCUT2D eigenvalue weighted by molar-refractivity contribution is 5.90. The van der Waals surface area contributed by atoms with E-state index in [1.165, 1.54) is 6.08 Å². The van der Waals surface area contributed by atoms with E-state index in [0.717, 1.165) is 28.8 Å². The zero-order valence-corrected chi connectivity index (χ0v) is 19.3. The molecule has 4 aromatic rings. The standard InChI is InChI=1S/C25H27N5O4/c1-4-17(2)24(25-26-21-7-5-6-8-22(21)34-25)30-15-19(27-29-30)11-14-23(31)28-33-16-18-9-12-20(32-3)13-10-18/h5-15,17,24H,4,16H2,1-3H3,(H,28,31)/b14-11+. The monoisotopic (exact) mass is 461 g/mol. The number of hydrogen-bond acceptors (Lipinski definition) is 7. The van der Waals surface area contributed by atoms with E-state index in [1.54, 1.807) is 24.1 Å². The second kappa shape index (κ2) is 10.8. The number of para-hydroxylation sites is 2. The number of nitrogens with zero attached hydrogens (tertiary/aromatic N) is 4. The Kier molecular flexibility index (Phi) is 7.34. The number of carbonyl (C=O) groups excluding carboxylic acids is 1. The van der Waals surface area contributed by atoms with E-state index in [1.807, 2.05) is 48.5 Å². The Labute approximate surface area is 197 Å². The maximum absolute atomic E-state index is 12.1. The van der Waals surface area contributed by atoms with Crippen LogP contribution in [0.3, 0.4) is 0 Å². The van der Waals surface area contributed by atoms with Gasteiger partial charge in [0.05, 0.1) is 19.9 Å². The number of aromatic nitrogens is 4. The van der Waals surface area contributed by atoms with Crippen LogP contribution in [0.1, 0.15) is 43.5 Å². The fraction of sp³-hybridized carbons (Fsp3) is 0.280. The molecular weight excluding hydrogens is 434 g/mol. The summed E-state index contributed by atoms with van der Waals surface area (Å²) in [6, 6.07) is 14.8. The first-order chi connectivity index (χ1) is 16.6. The lowest BCUT2D eigenvalue weighted by Crippen LogP contribution is -2.21. The van der Waals surface area contributed by atoms with E-state index in [9.17, 15) is 4.79 Å². The molecule has 0 bridgehead atoms. The second-order valence-corrected chi connectivity index (χ2v) is 7.91. The van der Waals surface area contributed by atoms with Gasteiger partial charge in [-0.25, -0.2) is 15.1 Å². The lowest BCUT2D eigenvalue weighted by atomic mass is 9.99. The third kappa shape index (κ3) is 5.49. The smallest absolute Gasteiger partial charge is 0.267 e. The van der Waals surface area contributed by atoms with Gasteiger partial charge in [0, 0.05) is 6.08 Å². The van der Waals surface area contributed by atoms with Crippen molar-refractivity contribution in [3.8, 4) is 5.75 Å². The molecule has 0 radical (unpaired) electrons. The molecule has 0 aliphatic rings. The van der Waals surface area contributed by atoms with E-state index in [2.05, 4.69) is 34.6 Å². The van der Waals surface area contributed by atoms with Gasteiger partial charge in [-0.2, -0.15) is 0 Å². The van der Waals surface area contributed by atoms with Crippen LogP contribution in [0.4, 0.5) is 0 Å². The number of fused-ring (bicyclic) bond motifs is 1. The van der Waals surface area contributed by atoms with Gasteiger partial charge in [0.25, 0.3) is 5.91 Å². The molecule has 0 aliphatic heterocycles. The predicted octanol–water partition coefficient (Wildman–Crippen LogP) is 4.32. The molecule has 0 spiro atoms. The largest absolute Gasteiger partial charge is 0.497 e. The Morgan fingerprint density at radius 1 is 1.21 bits per heavy atom. The number of ether oxygens (including phenoxy) is 1. The molecule has 0 saturated heterocycles. The van der Waals surface area contributed by atoms with Crippen LogP contribution in [-0.4, -0.2) is 33.0 Å². The number of hydroxylamine groups is 1. The van der Waals surface area contributed by atoms with Crippen LogP contribution >= 0.6 is 0 Å². The van der Waals surface area contributed by atoms with E-state index >= 15 is 0 Å². The van der Waals surface area contributed by atoms with Crippen molar-refractivity contribution < 1.29 is 18.8 Å². The second-order valence-electron chi connectivity index (χ2n) is 7.91. The molecule has 2 aromatic carbocycles. The van der Waals surface area contributed by atoms with Gasteiger partial charge in [-0.1, -0.05) is 49.7 Å². The molecule has 2 aromatic heterocycles. The zero-order valence-electron chi connectivity index (χ0n) is 19.3. The molecule has 2 heterocycles. The molecule has 0 aliphatic carbocycles. The molecule has 34 heavy (non-hydrogen) atoms. The van der Waals surface area contributed by atoms with Crippen LogP contribution in [0.25, 0.3) is 17.2 Å². The van der Waals surface area contributed by atoms with Crippen molar-refractivity contribution >= 4 is 23.1 Å². The summed E-state index contributed by atoms with van der Waals surface area (Å²) < 4.78 is 12.9. The van der Waals surface area contributed by atoms with Crippen LogP contribution in [0.15, 0.2) is 65.2 Å². The number of carbonyl (C=O) groups is 1. The molecule has 0 saturated carbocycles. The first-order valence-electron chi connectivity index (χ1n) is 11.1. The van der Waals surface area contributed by atoms with Crippen molar-refractivity contribution in [2.45, 2.75) is 32.9 Å². The minimum Gasteiger partial charge on any atom is -0.497 e. The van der Waals surface area contributed by atoms with Crippen LogP contribution in [0.2, 0.25) is 0 Å². The van der Waals surface area contributed by atoms with Gasteiger partial charge in [0.15, 0.2) is 5.58 Å². The number of benzene rings is 2. The van der Waals surface area contributed by atoms with Crippen LogP contribution in [0.5, 0.6) is 5.75 Å². The Balaban J connectivity index is 1.38. The van der Waals surface area contributed by atoms with Crippen LogP contribution < -0.4 is 10.2 Å². The van der Waals surface area contributed by atoms with Crippen molar-refractivity contribution in [2.75, 3.05) is 7.11 Å². The topological polar surface area (TPSA) is 104 Å². The van der Waals surface area contributed by atoms with Crippen LogP contribution in [0, 0.1) is 5.92 Å². The van der Waals surface area contributed by atoms with E-state index < -0.39 is 5.91 Å². The number of methoxy groups -OCH3 is 1. The maximum Gasteiger partial charge on any atom is 0.267 e. The highest BCUT2D eigenvalue weighted by atomic mass is 16.6. The van der Waals surface area contributed by atoms with Gasteiger partial charge < -0.3 is 9.15 Å². The van der Waals surface area contributed by atoms with E-state index in [0.29, 0.717) is 11.6 Å². The van der Waals surface area contributed by atoms with E-state index in [4.69, 9.17) is 14.0 Å². The molecule has 1 amide bonds. The van der Waals surface area contributed by atoms with Gasteiger partial charge in [0.1, 0.15) is 23.0 Å². The Morgan fingerprint density at radius 2 is 2.00 bits per heavy atom. The minimum atomic E-state index is -0.402. The Bertz CT molecular complexity index is 1230. The molecule has 2 unspecified atom stereocenters. The first-order valence-corrected chi connectivity index (χ1v) is 11.1. The van der Waals surface area contributed by atoms with Crippen molar-refractivity contribution in [2.24, 2.45) is 5.92 Å². The predicted molar refractivity (Wildman–Crippen MR) is 127 cm³/mol. The molecule has 176 valence electrons. The van der Waals surface area contributed by atoms with Gasteiger partial charge in [-0.15, -0.1) is 5.10 Å². The quantitative estimate of drug-likeness (QED) is 0.277. The highest BCUT2D eigenvalue weighted by Gasteiger charge is 2.26. The van der Waals surface area contributed by atoms with Gasteiger partial charge in [-0.3, -0.25) is 9.63 Å². The Morgan fingerprint density at radius 3 is 2.74 bits per heavy atom. The number of nitrogens with one attached hydrogen (secondary N) is 1. The number of rotatable bonds is 10. The zero-order chi connectivity index (χ0) is 23.9. The van der Waals surface area contributed by atoms with Gasteiger partial charge in [-0.05, 0) is 41.8 Å². The summed E-state index contributed by atoms with van der Waals surface area (Å²) in [6.45, 7) is 4.46. The van der Waals surface area contributed by atoms with Crippen molar-refractivity contribution in [1.82, 2.24) is 25.5 Å². The third-order valence-corrected chi connectivity index (χ3v) is 5.54. The Hall–Kier alpha value is -3.98. The number of hydrogen-bond donors (Lipinski definition) is 1. The highest BCUT2D eigenvalue weighted by Crippen LogP contribution is 2.30. The normalized spacial score (nSPS) is 13.3. The minimum absolute atomic E-state index is 0.209. The molecule has 1 N–H and O–H groups in total. The number of oxazole rings is 1. The fourth-order valence-corrected chi connectivity index (χ4v) is 3.47. The molecule has 0 fully saturated rings. The lowest BCUT2D eigenvalue weighted by molar-refractivity contribution is -0.129.